The van der Waals surface area contributed by atoms with Crippen molar-refractivity contribution in [2.24, 2.45) is 0 Å². The van der Waals surface area contributed by atoms with Crippen molar-refractivity contribution >= 4 is 46.6 Å². The van der Waals surface area contributed by atoms with Gasteiger partial charge in [-0.05, 0) is 23.8 Å². The average molecular weight is 311 g/mol. The van der Waals surface area contributed by atoms with Crippen LogP contribution in [0.5, 0.6) is 5.75 Å². The summed E-state index contributed by atoms with van der Waals surface area (Å²) >= 11 is 5.77. The monoisotopic (exact) mass is 311 g/mol. The largest absolute Gasteiger partial charge is 0.508 e. The van der Waals surface area contributed by atoms with Crippen LogP contribution < -0.4 is 0 Å². The van der Waals surface area contributed by atoms with Gasteiger partial charge in [-0.3, -0.25) is 9.59 Å². The fraction of sp³-hybridized carbons (Fsp3) is 0.154. The van der Waals surface area contributed by atoms with Crippen LogP contribution in [0.2, 0.25) is 0 Å². The Morgan fingerprint density at radius 3 is 2.45 bits per heavy atom. The summed E-state index contributed by atoms with van der Waals surface area (Å²) in [6.45, 7) is -0.385. The summed E-state index contributed by atoms with van der Waals surface area (Å²) in [5, 5.41) is 17.9. The number of phenolic OH excluding ortho intramolecular Hbond substituents is 1. The summed E-state index contributed by atoms with van der Waals surface area (Å²) in [7, 11) is 1.41. The van der Waals surface area contributed by atoms with E-state index in [9.17, 15) is 14.7 Å². The number of thiocarbonyl (C=S) groups is 1. The van der Waals surface area contributed by atoms with Gasteiger partial charge in [0.15, 0.2) is 0 Å². The highest BCUT2D eigenvalue weighted by Gasteiger charge is 2.17. The molecule has 0 aliphatic rings. The normalized spacial score (nSPS) is 10.9. The van der Waals surface area contributed by atoms with Gasteiger partial charge >= 0.3 is 5.97 Å². The molecule has 5 nitrogen and oxygen atoms in total. The van der Waals surface area contributed by atoms with E-state index in [0.29, 0.717) is 10.5 Å². The maximum atomic E-state index is 12.1. The molecule has 0 saturated heterocycles. The Morgan fingerprint density at radius 2 is 1.95 bits per heavy atom. The van der Waals surface area contributed by atoms with Crippen molar-refractivity contribution in [3.8, 4) is 5.75 Å². The van der Waals surface area contributed by atoms with E-state index in [1.165, 1.54) is 23.9 Å². The van der Waals surface area contributed by atoms with Gasteiger partial charge in [0.1, 0.15) is 12.3 Å². The molecular weight excluding hydrogens is 298 g/mol. The number of phenols is 1. The van der Waals surface area contributed by atoms with Crippen LogP contribution in [0.25, 0.3) is 6.08 Å². The highest BCUT2D eigenvalue weighted by atomic mass is 32.2. The van der Waals surface area contributed by atoms with Gasteiger partial charge in [-0.25, -0.2) is 0 Å². The Kier molecular flexibility index (Phi) is 6.20. The zero-order chi connectivity index (χ0) is 15.1. The Hall–Kier alpha value is -1.86. The summed E-state index contributed by atoms with van der Waals surface area (Å²) in [5.41, 5.74) is 0.708. The predicted molar refractivity (Wildman–Crippen MR) is 82.6 cm³/mol. The molecule has 0 fully saturated rings. The molecule has 1 rings (SSSR count). The molecule has 0 bridgehead atoms. The number of carbonyl (C=O) groups excluding carboxylic acids is 1. The molecule has 1 amide bonds. The Balaban J connectivity index is 2.97. The molecule has 0 spiro atoms. The number of thioether (sulfide) groups is 1. The first kappa shape index (κ1) is 16.2. The van der Waals surface area contributed by atoms with Crippen LogP contribution in [-0.4, -0.2) is 45.3 Å². The SMILES string of the molecule is CN(CC(=O)O)C(=O)/C(=C/c1ccc(O)cc1)SC=S. The van der Waals surface area contributed by atoms with Crippen molar-refractivity contribution in [3.63, 3.8) is 0 Å². The minimum absolute atomic E-state index is 0.125. The van der Waals surface area contributed by atoms with Gasteiger partial charge in [-0.15, -0.1) is 0 Å². The average Bonchev–Trinajstić information content (AvgIpc) is 2.39. The number of carbonyl (C=O) groups is 2. The lowest BCUT2D eigenvalue weighted by Gasteiger charge is -2.15. The molecule has 7 heteroatoms. The van der Waals surface area contributed by atoms with E-state index in [1.54, 1.807) is 18.2 Å². The van der Waals surface area contributed by atoms with E-state index in [1.807, 2.05) is 0 Å². The molecule has 0 unspecified atom stereocenters. The van der Waals surface area contributed by atoms with Crippen LogP contribution in [0.15, 0.2) is 29.2 Å². The van der Waals surface area contributed by atoms with Crippen LogP contribution in [0.4, 0.5) is 0 Å². The maximum absolute atomic E-state index is 12.1. The lowest BCUT2D eigenvalue weighted by Crippen LogP contribution is -2.32. The Bertz CT molecular complexity index is 540. The number of carboxylic acid groups (broad SMARTS) is 1. The number of nitrogens with zero attached hydrogens (tertiary/aromatic N) is 1. The third-order valence-electron chi connectivity index (χ3n) is 2.30. The van der Waals surface area contributed by atoms with Crippen molar-refractivity contribution in [1.29, 1.82) is 0 Å². The zero-order valence-corrected chi connectivity index (χ0v) is 12.3. The topological polar surface area (TPSA) is 77.8 Å². The molecule has 1 aromatic rings. The van der Waals surface area contributed by atoms with Crippen LogP contribution in [0, 0.1) is 0 Å². The molecule has 1 aromatic carbocycles. The standard InChI is InChI=1S/C13H13NO4S2/c1-14(7-12(16)17)13(18)11(20-8-19)6-9-2-4-10(15)5-3-9/h2-6,8,15H,7H2,1H3,(H,16,17)/b11-6-. The van der Waals surface area contributed by atoms with Crippen LogP contribution in [0.1, 0.15) is 5.56 Å². The van der Waals surface area contributed by atoms with Crippen LogP contribution in [0.3, 0.4) is 0 Å². The summed E-state index contributed by atoms with van der Waals surface area (Å²) < 4.78 is 1.33. The van der Waals surface area contributed by atoms with Crippen molar-refractivity contribution in [1.82, 2.24) is 4.90 Å². The number of aromatic hydroxyl groups is 1. The molecule has 106 valence electrons. The maximum Gasteiger partial charge on any atom is 0.323 e. The highest BCUT2D eigenvalue weighted by molar-refractivity contribution is 8.24. The minimum atomic E-state index is -1.09. The van der Waals surface area contributed by atoms with Crippen molar-refractivity contribution < 1.29 is 19.8 Å². The van der Waals surface area contributed by atoms with Gasteiger partial charge in [0.2, 0.25) is 0 Å². The lowest BCUT2D eigenvalue weighted by atomic mass is 10.2. The molecule has 2 N–H and O–H groups in total. The second-order valence-electron chi connectivity index (χ2n) is 3.87. The summed E-state index contributed by atoms with van der Waals surface area (Å²) in [6, 6.07) is 6.28. The summed E-state index contributed by atoms with van der Waals surface area (Å²) in [5.74, 6) is -1.38. The first-order valence-corrected chi connectivity index (χ1v) is 6.87. The molecule has 0 aromatic heterocycles. The van der Waals surface area contributed by atoms with Crippen molar-refractivity contribution in [2.45, 2.75) is 0 Å². The molecule has 0 saturated carbocycles. The number of carboxylic acids is 1. The molecular formula is C13H13NO4S2. The smallest absolute Gasteiger partial charge is 0.323 e. The Morgan fingerprint density at radius 1 is 1.35 bits per heavy atom. The summed E-state index contributed by atoms with van der Waals surface area (Å²) in [6.07, 6.45) is 1.59. The van der Waals surface area contributed by atoms with E-state index in [4.69, 9.17) is 17.3 Å². The van der Waals surface area contributed by atoms with Gasteiger partial charge in [-0.1, -0.05) is 36.1 Å². The van der Waals surface area contributed by atoms with E-state index >= 15 is 0 Å². The Labute approximate surface area is 125 Å². The fourth-order valence-electron chi connectivity index (χ4n) is 1.38. The number of aliphatic carboxylic acids is 1. The van der Waals surface area contributed by atoms with E-state index in [0.717, 1.165) is 16.7 Å². The van der Waals surface area contributed by atoms with Crippen LogP contribution in [-0.2, 0) is 9.59 Å². The third kappa shape index (κ3) is 5.02. The van der Waals surface area contributed by atoms with Gasteiger partial charge in [-0.2, -0.15) is 0 Å². The van der Waals surface area contributed by atoms with Crippen molar-refractivity contribution in [2.75, 3.05) is 13.6 Å². The molecule has 0 atom stereocenters. The first-order chi connectivity index (χ1) is 9.43. The number of amides is 1. The van der Waals surface area contributed by atoms with Gasteiger partial charge < -0.3 is 15.1 Å². The third-order valence-corrected chi connectivity index (χ3v) is 3.23. The van der Waals surface area contributed by atoms with E-state index in [2.05, 4.69) is 0 Å². The number of hydrogen-bond donors (Lipinski definition) is 2. The number of hydrogen-bond acceptors (Lipinski definition) is 5. The zero-order valence-electron chi connectivity index (χ0n) is 10.6. The molecule has 0 aliphatic carbocycles. The van der Waals surface area contributed by atoms with Crippen LogP contribution >= 0.6 is 24.0 Å². The predicted octanol–water partition coefficient (Wildman–Crippen LogP) is 1.97. The molecule has 20 heavy (non-hydrogen) atoms. The van der Waals surface area contributed by atoms with E-state index in [-0.39, 0.29) is 12.3 Å². The van der Waals surface area contributed by atoms with Gasteiger partial charge in [0.05, 0.1) is 4.91 Å². The number of likely N-dealkylation sites (N-methyl/N-ethyl adjacent to an activating group) is 1. The lowest BCUT2D eigenvalue weighted by molar-refractivity contribution is -0.141. The highest BCUT2D eigenvalue weighted by Crippen LogP contribution is 2.21. The number of rotatable bonds is 6. The van der Waals surface area contributed by atoms with E-state index < -0.39 is 11.9 Å². The van der Waals surface area contributed by atoms with Crippen molar-refractivity contribution in [3.05, 3.63) is 34.7 Å². The van der Waals surface area contributed by atoms with Gasteiger partial charge in [0.25, 0.3) is 5.91 Å². The minimum Gasteiger partial charge on any atom is -0.508 e. The number of benzene rings is 1. The first-order valence-electron chi connectivity index (χ1n) is 5.52. The second-order valence-corrected chi connectivity index (χ2v) is 5.31. The quantitative estimate of drug-likeness (QED) is 0.618. The molecule has 0 radical (unpaired) electrons. The van der Waals surface area contributed by atoms with Gasteiger partial charge in [0, 0.05) is 11.7 Å². The summed E-state index contributed by atoms with van der Waals surface area (Å²) in [4.78, 5) is 24.1. The second kappa shape index (κ2) is 7.66. The fourth-order valence-corrected chi connectivity index (χ4v) is 2.26. The molecule has 0 heterocycles. The molecule has 0 aliphatic heterocycles.